The normalized spacial score (nSPS) is 21.8. The molecule has 1 fully saturated rings. The first kappa shape index (κ1) is 11.5. The third-order valence-corrected chi connectivity index (χ3v) is 2.44. The van der Waals surface area contributed by atoms with Crippen LogP contribution in [0.2, 0.25) is 0 Å². The highest BCUT2D eigenvalue weighted by molar-refractivity contribution is 4.67. The molecule has 14 heavy (non-hydrogen) atoms. The topological polar surface area (TPSA) is 42.2 Å². The lowest BCUT2D eigenvalue weighted by Crippen LogP contribution is -2.20. The zero-order valence-electron chi connectivity index (χ0n) is 8.71. The van der Waals surface area contributed by atoms with Crippen molar-refractivity contribution in [3.8, 4) is 6.07 Å². The summed E-state index contributed by atoms with van der Waals surface area (Å²) in [7, 11) is 0. The van der Waals surface area contributed by atoms with Gasteiger partial charge in [-0.1, -0.05) is 0 Å². The minimum atomic E-state index is 0.416. The minimum absolute atomic E-state index is 0.416. The van der Waals surface area contributed by atoms with E-state index in [0.717, 1.165) is 26.1 Å². The molecule has 0 saturated carbocycles. The van der Waals surface area contributed by atoms with Crippen LogP contribution in [0.5, 0.6) is 0 Å². The average Bonchev–Trinajstić information content (AvgIpc) is 2.25. The first-order valence-corrected chi connectivity index (χ1v) is 5.50. The van der Waals surface area contributed by atoms with E-state index in [9.17, 15) is 0 Å². The Morgan fingerprint density at radius 2 is 2.29 bits per heavy atom. The van der Waals surface area contributed by atoms with Gasteiger partial charge < -0.3 is 9.47 Å². The van der Waals surface area contributed by atoms with Crippen LogP contribution in [0.25, 0.3) is 0 Å². The fraction of sp³-hybridized carbons (Fsp3) is 0.909. The number of rotatable bonds is 6. The second-order valence-electron chi connectivity index (χ2n) is 3.65. The summed E-state index contributed by atoms with van der Waals surface area (Å²) in [5.41, 5.74) is 0. The molecule has 1 unspecified atom stereocenters. The zero-order valence-corrected chi connectivity index (χ0v) is 8.71. The summed E-state index contributed by atoms with van der Waals surface area (Å²) in [5, 5.41) is 8.30. The molecule has 1 rings (SSSR count). The molecule has 0 N–H and O–H groups in total. The van der Waals surface area contributed by atoms with Crippen molar-refractivity contribution < 1.29 is 9.47 Å². The van der Waals surface area contributed by atoms with Gasteiger partial charge in [0.15, 0.2) is 0 Å². The van der Waals surface area contributed by atoms with Gasteiger partial charge in [0.1, 0.15) is 0 Å². The summed E-state index contributed by atoms with van der Waals surface area (Å²) < 4.78 is 11.0. The van der Waals surface area contributed by atoms with Crippen LogP contribution in [0, 0.1) is 11.3 Å². The highest BCUT2D eigenvalue weighted by atomic mass is 16.5. The number of nitrogens with zero attached hydrogens (tertiary/aromatic N) is 1. The number of hydrogen-bond donors (Lipinski definition) is 0. The molecule has 3 nitrogen and oxygen atoms in total. The Hall–Kier alpha value is -0.590. The third-order valence-electron chi connectivity index (χ3n) is 2.44. The van der Waals surface area contributed by atoms with Crippen molar-refractivity contribution in [3.05, 3.63) is 0 Å². The van der Waals surface area contributed by atoms with Crippen LogP contribution in [0.1, 0.15) is 38.5 Å². The van der Waals surface area contributed by atoms with Crippen molar-refractivity contribution in [2.75, 3.05) is 19.8 Å². The van der Waals surface area contributed by atoms with Gasteiger partial charge in [-0.25, -0.2) is 0 Å². The van der Waals surface area contributed by atoms with Crippen molar-refractivity contribution in [1.29, 1.82) is 5.26 Å². The Balaban J connectivity index is 1.85. The molecule has 1 saturated heterocycles. The molecule has 1 aliphatic heterocycles. The fourth-order valence-corrected chi connectivity index (χ4v) is 1.61. The van der Waals surface area contributed by atoms with Crippen molar-refractivity contribution in [1.82, 2.24) is 0 Å². The predicted octanol–water partition coefficient (Wildman–Crippen LogP) is 2.27. The van der Waals surface area contributed by atoms with Gasteiger partial charge in [-0.05, 0) is 32.1 Å². The maximum absolute atomic E-state index is 8.30. The molecule has 1 heterocycles. The van der Waals surface area contributed by atoms with Gasteiger partial charge in [-0.3, -0.25) is 0 Å². The highest BCUT2D eigenvalue weighted by Crippen LogP contribution is 2.15. The maximum atomic E-state index is 8.30. The van der Waals surface area contributed by atoms with Gasteiger partial charge in [0.2, 0.25) is 0 Å². The van der Waals surface area contributed by atoms with E-state index in [1.807, 2.05) is 0 Å². The summed E-state index contributed by atoms with van der Waals surface area (Å²) in [6, 6.07) is 2.10. The minimum Gasteiger partial charge on any atom is -0.381 e. The quantitative estimate of drug-likeness (QED) is 0.613. The lowest BCUT2D eigenvalue weighted by Gasteiger charge is -2.22. The van der Waals surface area contributed by atoms with Gasteiger partial charge in [0.25, 0.3) is 0 Å². The Labute approximate surface area is 86.0 Å². The largest absolute Gasteiger partial charge is 0.381 e. The van der Waals surface area contributed by atoms with Crippen LogP contribution in [-0.2, 0) is 9.47 Å². The van der Waals surface area contributed by atoms with Gasteiger partial charge in [-0.2, -0.15) is 5.26 Å². The molecule has 80 valence electrons. The molecule has 0 spiro atoms. The number of hydrogen-bond acceptors (Lipinski definition) is 3. The molecule has 0 aromatic carbocycles. The molecule has 1 atom stereocenters. The second kappa shape index (κ2) is 7.78. The molecule has 0 aromatic rings. The Kier molecular flexibility index (Phi) is 6.38. The van der Waals surface area contributed by atoms with Crippen LogP contribution < -0.4 is 0 Å². The van der Waals surface area contributed by atoms with Crippen LogP contribution in [0.3, 0.4) is 0 Å². The van der Waals surface area contributed by atoms with E-state index in [1.165, 1.54) is 19.3 Å². The lowest BCUT2D eigenvalue weighted by molar-refractivity contribution is -0.00762. The standard InChI is InChI=1S/C11H19NO2/c12-7-2-4-8-13-10-6-11-5-1-3-9-14-11/h11H,1-6,8-10H2. The van der Waals surface area contributed by atoms with Crippen molar-refractivity contribution in [2.45, 2.75) is 44.6 Å². The smallest absolute Gasteiger partial charge is 0.0622 e. The SMILES string of the molecule is N#CCCCOCCC1CCCCO1. The predicted molar refractivity (Wildman–Crippen MR) is 53.9 cm³/mol. The number of nitriles is 1. The molecule has 0 aromatic heterocycles. The second-order valence-corrected chi connectivity index (χ2v) is 3.65. The Morgan fingerprint density at radius 3 is 3.00 bits per heavy atom. The van der Waals surface area contributed by atoms with Crippen LogP contribution >= 0.6 is 0 Å². The van der Waals surface area contributed by atoms with E-state index in [0.29, 0.717) is 19.1 Å². The van der Waals surface area contributed by atoms with E-state index in [1.54, 1.807) is 0 Å². The molecule has 0 radical (unpaired) electrons. The van der Waals surface area contributed by atoms with Crippen molar-refractivity contribution in [2.24, 2.45) is 0 Å². The summed E-state index contributed by atoms with van der Waals surface area (Å²) in [5.74, 6) is 0. The average molecular weight is 197 g/mol. The number of unbranched alkanes of at least 4 members (excludes halogenated alkanes) is 1. The van der Waals surface area contributed by atoms with Gasteiger partial charge in [-0.15, -0.1) is 0 Å². The monoisotopic (exact) mass is 197 g/mol. The van der Waals surface area contributed by atoms with E-state index in [-0.39, 0.29) is 0 Å². The molecule has 0 amide bonds. The van der Waals surface area contributed by atoms with E-state index in [4.69, 9.17) is 14.7 Å². The van der Waals surface area contributed by atoms with Gasteiger partial charge in [0, 0.05) is 26.2 Å². The van der Waals surface area contributed by atoms with Crippen LogP contribution in [0.15, 0.2) is 0 Å². The van der Waals surface area contributed by atoms with E-state index >= 15 is 0 Å². The Bertz CT molecular complexity index is 171. The van der Waals surface area contributed by atoms with Crippen LogP contribution in [0.4, 0.5) is 0 Å². The van der Waals surface area contributed by atoms with Gasteiger partial charge >= 0.3 is 0 Å². The molecular weight excluding hydrogens is 178 g/mol. The van der Waals surface area contributed by atoms with E-state index < -0.39 is 0 Å². The highest BCUT2D eigenvalue weighted by Gasteiger charge is 2.12. The molecule has 0 bridgehead atoms. The maximum Gasteiger partial charge on any atom is 0.0622 e. The summed E-state index contributed by atoms with van der Waals surface area (Å²) >= 11 is 0. The molecule has 3 heteroatoms. The first-order valence-electron chi connectivity index (χ1n) is 5.50. The third kappa shape index (κ3) is 5.21. The summed E-state index contributed by atoms with van der Waals surface area (Å²) in [6.45, 7) is 2.40. The van der Waals surface area contributed by atoms with Crippen LogP contribution in [-0.4, -0.2) is 25.9 Å². The first-order chi connectivity index (χ1) is 6.93. The molecular formula is C11H19NO2. The summed E-state index contributed by atoms with van der Waals surface area (Å²) in [6.07, 6.45) is 6.55. The van der Waals surface area contributed by atoms with Crippen molar-refractivity contribution >= 4 is 0 Å². The zero-order chi connectivity index (χ0) is 10.1. The lowest BCUT2D eigenvalue weighted by atomic mass is 10.1. The van der Waals surface area contributed by atoms with Crippen molar-refractivity contribution in [3.63, 3.8) is 0 Å². The number of ether oxygens (including phenoxy) is 2. The fourth-order valence-electron chi connectivity index (χ4n) is 1.61. The van der Waals surface area contributed by atoms with E-state index in [2.05, 4.69) is 6.07 Å². The van der Waals surface area contributed by atoms with Gasteiger partial charge in [0.05, 0.1) is 12.2 Å². The summed E-state index contributed by atoms with van der Waals surface area (Å²) in [4.78, 5) is 0. The molecule has 1 aliphatic rings. The Morgan fingerprint density at radius 1 is 1.36 bits per heavy atom. The molecule has 0 aliphatic carbocycles.